The molecule has 3 rings (SSSR count). The molecule has 2 aromatic carbocycles. The number of aromatic nitrogens is 2. The number of hydrogen-bond donors (Lipinski definition) is 2. The maximum atomic E-state index is 13.0. The van der Waals surface area contributed by atoms with Crippen molar-refractivity contribution in [3.8, 4) is 11.3 Å². The van der Waals surface area contributed by atoms with Crippen molar-refractivity contribution in [2.45, 2.75) is 46.5 Å². The Kier molecular flexibility index (Phi) is 8.73. The molecular weight excluding hydrogens is 426 g/mol. The first-order valence-electron chi connectivity index (χ1n) is 11.8. The molecule has 3 N–H and O–H groups in total. The highest BCUT2D eigenvalue weighted by Gasteiger charge is 2.15. The number of hydrogen-bond acceptors (Lipinski definition) is 5. The second kappa shape index (κ2) is 11.9. The maximum absolute atomic E-state index is 13.0. The number of nitrogens with one attached hydrogen (secondary N) is 1. The fourth-order valence-corrected chi connectivity index (χ4v) is 3.77. The van der Waals surface area contributed by atoms with Crippen molar-refractivity contribution in [1.29, 1.82) is 0 Å². The third kappa shape index (κ3) is 6.19. The fourth-order valence-electron chi connectivity index (χ4n) is 3.77. The molecule has 0 unspecified atom stereocenters. The van der Waals surface area contributed by atoms with Crippen LogP contribution in [0.4, 0.5) is 11.6 Å². The van der Waals surface area contributed by atoms with E-state index in [9.17, 15) is 9.59 Å². The number of carbonyl (C=O) groups excluding carboxylic acids is 2. The predicted molar refractivity (Wildman–Crippen MR) is 136 cm³/mol. The third-order valence-corrected chi connectivity index (χ3v) is 5.77. The molecule has 0 aliphatic heterocycles. The van der Waals surface area contributed by atoms with Gasteiger partial charge in [-0.25, -0.2) is 9.97 Å². The average molecular weight is 460 g/mol. The lowest BCUT2D eigenvalue weighted by Crippen LogP contribution is -2.32. The molecule has 0 radical (unpaired) electrons. The van der Waals surface area contributed by atoms with Gasteiger partial charge in [-0.2, -0.15) is 0 Å². The number of nitrogens with zero attached hydrogens (tertiary/aromatic N) is 3. The number of anilines is 2. The summed E-state index contributed by atoms with van der Waals surface area (Å²) < 4.78 is 0. The molecule has 0 saturated heterocycles. The van der Waals surface area contributed by atoms with Gasteiger partial charge < -0.3 is 16.0 Å². The Labute approximate surface area is 201 Å². The minimum absolute atomic E-state index is 0.0662. The van der Waals surface area contributed by atoms with E-state index in [1.807, 2.05) is 42.2 Å². The van der Waals surface area contributed by atoms with E-state index in [2.05, 4.69) is 29.1 Å². The van der Waals surface area contributed by atoms with E-state index in [-0.39, 0.29) is 5.91 Å². The Morgan fingerprint density at radius 1 is 0.971 bits per heavy atom. The highest BCUT2D eigenvalue weighted by molar-refractivity contribution is 5.96. The predicted octanol–water partition coefficient (Wildman–Crippen LogP) is 5.34. The maximum Gasteiger partial charge on any atom is 0.253 e. The highest BCUT2D eigenvalue weighted by Crippen LogP contribution is 2.25. The summed E-state index contributed by atoms with van der Waals surface area (Å²) in [6.45, 7) is 7.69. The normalized spacial score (nSPS) is 10.7. The summed E-state index contributed by atoms with van der Waals surface area (Å²) in [6.07, 6.45) is 5.79. The molecule has 0 aliphatic rings. The van der Waals surface area contributed by atoms with E-state index in [1.54, 1.807) is 24.4 Å². The Hall–Kier alpha value is -3.74. The number of benzene rings is 2. The molecule has 1 heterocycles. The standard InChI is InChI=1S/C27H33N5O2/c1-4-6-17-32(18-7-5-2)26(34)20-11-13-21(14-12-20)30-27-29-16-15-24(31-27)22-9-8-10-23(19(22)3)25(28)33/h8-16H,4-7,17-18H2,1-3H3,(H2,28,33)(H,29,30,31). The smallest absolute Gasteiger partial charge is 0.253 e. The molecule has 0 bridgehead atoms. The summed E-state index contributed by atoms with van der Waals surface area (Å²) in [5.74, 6) is 0.0221. The Bertz CT molecular complexity index is 1120. The van der Waals surface area contributed by atoms with E-state index in [0.29, 0.717) is 22.8 Å². The van der Waals surface area contributed by atoms with E-state index in [1.165, 1.54) is 0 Å². The second-order valence-electron chi connectivity index (χ2n) is 8.31. The number of rotatable bonds is 11. The van der Waals surface area contributed by atoms with Gasteiger partial charge in [-0.15, -0.1) is 0 Å². The van der Waals surface area contributed by atoms with Gasteiger partial charge in [-0.1, -0.05) is 38.8 Å². The van der Waals surface area contributed by atoms with Crippen LogP contribution in [0.2, 0.25) is 0 Å². The lowest BCUT2D eigenvalue weighted by molar-refractivity contribution is 0.0751. The molecule has 1 aromatic heterocycles. The summed E-state index contributed by atoms with van der Waals surface area (Å²) in [4.78, 5) is 35.5. The van der Waals surface area contributed by atoms with Crippen molar-refractivity contribution >= 4 is 23.5 Å². The van der Waals surface area contributed by atoms with E-state index in [4.69, 9.17) is 5.73 Å². The molecular formula is C27H33N5O2. The third-order valence-electron chi connectivity index (χ3n) is 5.77. The quantitative estimate of drug-likeness (QED) is 0.403. The van der Waals surface area contributed by atoms with Crippen LogP contribution >= 0.6 is 0 Å². The van der Waals surface area contributed by atoms with Gasteiger partial charge in [-0.05, 0) is 61.7 Å². The Morgan fingerprint density at radius 2 is 1.65 bits per heavy atom. The molecule has 0 saturated carbocycles. The molecule has 34 heavy (non-hydrogen) atoms. The lowest BCUT2D eigenvalue weighted by atomic mass is 9.99. The van der Waals surface area contributed by atoms with E-state index < -0.39 is 5.91 Å². The van der Waals surface area contributed by atoms with E-state index >= 15 is 0 Å². The number of unbranched alkanes of at least 4 members (excludes halogenated alkanes) is 2. The molecule has 0 spiro atoms. The van der Waals surface area contributed by atoms with Crippen LogP contribution in [0.5, 0.6) is 0 Å². The molecule has 3 aromatic rings. The van der Waals surface area contributed by atoms with Gasteiger partial charge in [0.25, 0.3) is 5.91 Å². The average Bonchev–Trinajstić information content (AvgIpc) is 2.84. The largest absolute Gasteiger partial charge is 0.366 e. The molecule has 178 valence electrons. The monoisotopic (exact) mass is 459 g/mol. The number of nitrogens with two attached hydrogens (primary N) is 1. The second-order valence-corrected chi connectivity index (χ2v) is 8.31. The van der Waals surface area contributed by atoms with Crippen molar-refractivity contribution in [2.75, 3.05) is 18.4 Å². The summed E-state index contributed by atoms with van der Waals surface area (Å²) in [5.41, 5.74) is 9.69. The van der Waals surface area contributed by atoms with Crippen molar-refractivity contribution in [3.05, 3.63) is 71.4 Å². The van der Waals surface area contributed by atoms with Crippen molar-refractivity contribution < 1.29 is 9.59 Å². The summed E-state index contributed by atoms with van der Waals surface area (Å²) in [6, 6.07) is 14.6. The minimum Gasteiger partial charge on any atom is -0.366 e. The highest BCUT2D eigenvalue weighted by atomic mass is 16.2. The van der Waals surface area contributed by atoms with E-state index in [0.717, 1.165) is 55.6 Å². The number of amides is 2. The summed E-state index contributed by atoms with van der Waals surface area (Å²) in [5, 5.41) is 3.20. The van der Waals surface area contributed by atoms with Crippen LogP contribution in [0, 0.1) is 6.92 Å². The molecule has 0 aliphatic carbocycles. The molecule has 0 atom stereocenters. The SMILES string of the molecule is CCCCN(CCCC)C(=O)c1ccc(Nc2nccc(-c3cccc(C(N)=O)c3C)n2)cc1. The van der Waals surface area contributed by atoms with Gasteiger partial charge in [0.05, 0.1) is 5.69 Å². The Morgan fingerprint density at radius 3 is 2.26 bits per heavy atom. The zero-order chi connectivity index (χ0) is 24.5. The van der Waals surface area contributed by atoms with Gasteiger partial charge in [0.2, 0.25) is 11.9 Å². The molecule has 7 heteroatoms. The Balaban J connectivity index is 1.75. The van der Waals surface area contributed by atoms with Crippen molar-refractivity contribution in [3.63, 3.8) is 0 Å². The molecule has 2 amide bonds. The first kappa shape index (κ1) is 24.9. The minimum atomic E-state index is -0.468. The first-order chi connectivity index (χ1) is 16.4. The summed E-state index contributed by atoms with van der Waals surface area (Å²) >= 11 is 0. The molecule has 0 fully saturated rings. The zero-order valence-corrected chi connectivity index (χ0v) is 20.2. The summed E-state index contributed by atoms with van der Waals surface area (Å²) in [7, 11) is 0. The van der Waals surface area contributed by atoms with Crippen LogP contribution in [-0.4, -0.2) is 39.8 Å². The van der Waals surface area contributed by atoms with Crippen LogP contribution in [0.25, 0.3) is 11.3 Å². The lowest BCUT2D eigenvalue weighted by Gasteiger charge is -2.22. The van der Waals surface area contributed by atoms with Gasteiger partial charge in [0.15, 0.2) is 0 Å². The first-order valence-corrected chi connectivity index (χ1v) is 11.8. The topological polar surface area (TPSA) is 101 Å². The van der Waals surface area contributed by atoms with Crippen LogP contribution in [-0.2, 0) is 0 Å². The van der Waals surface area contributed by atoms with Gasteiger partial charge in [-0.3, -0.25) is 9.59 Å². The van der Waals surface area contributed by atoms with Crippen LogP contribution < -0.4 is 11.1 Å². The molecule has 7 nitrogen and oxygen atoms in total. The van der Waals surface area contributed by atoms with Gasteiger partial charge in [0, 0.05) is 41.7 Å². The van der Waals surface area contributed by atoms with Crippen LogP contribution in [0.1, 0.15) is 65.8 Å². The van der Waals surface area contributed by atoms with Gasteiger partial charge in [0.1, 0.15) is 0 Å². The number of carbonyl (C=O) groups is 2. The van der Waals surface area contributed by atoms with Crippen LogP contribution in [0.3, 0.4) is 0 Å². The fraction of sp³-hybridized carbons (Fsp3) is 0.333. The zero-order valence-electron chi connectivity index (χ0n) is 20.2. The van der Waals surface area contributed by atoms with Crippen LogP contribution in [0.15, 0.2) is 54.7 Å². The number of primary amides is 1. The van der Waals surface area contributed by atoms with Crippen molar-refractivity contribution in [1.82, 2.24) is 14.9 Å². The van der Waals surface area contributed by atoms with Crippen molar-refractivity contribution in [2.24, 2.45) is 5.73 Å². The van der Waals surface area contributed by atoms with Gasteiger partial charge >= 0.3 is 0 Å².